The summed E-state index contributed by atoms with van der Waals surface area (Å²) in [6.45, 7) is 4.05. The maximum Gasteiger partial charge on any atom is 0.418 e. The fourth-order valence-electron chi connectivity index (χ4n) is 6.43. The third-order valence-corrected chi connectivity index (χ3v) is 8.86. The van der Waals surface area contributed by atoms with E-state index < -0.39 is 17.3 Å². The van der Waals surface area contributed by atoms with E-state index in [2.05, 4.69) is 33.1 Å². The van der Waals surface area contributed by atoms with Gasteiger partial charge in [-0.05, 0) is 91.2 Å². The Morgan fingerprint density at radius 3 is 2.57 bits per heavy atom. The van der Waals surface area contributed by atoms with Crippen molar-refractivity contribution in [3.8, 4) is 34.4 Å². The average molecular weight is 625 g/mol. The van der Waals surface area contributed by atoms with Crippen LogP contribution in [0.15, 0.2) is 59.9 Å². The Kier molecular flexibility index (Phi) is 7.44. The molecule has 1 saturated carbocycles. The molecule has 0 amide bonds. The zero-order valence-corrected chi connectivity index (χ0v) is 25.4. The minimum atomic E-state index is -4.68. The fourth-order valence-corrected chi connectivity index (χ4v) is 6.43. The molecule has 0 N–H and O–H groups in total. The minimum absolute atomic E-state index is 0.101. The number of aromatic nitrogens is 6. The van der Waals surface area contributed by atoms with Crippen molar-refractivity contribution in [1.29, 1.82) is 5.26 Å². The van der Waals surface area contributed by atoms with Crippen LogP contribution in [0.5, 0.6) is 0 Å². The van der Waals surface area contributed by atoms with Crippen molar-refractivity contribution in [2.24, 2.45) is 13.0 Å². The number of piperidine rings is 1. The molecule has 2 aliphatic rings. The molecule has 5 aromatic rings. The number of aryl methyl sites for hydroxylation is 1. The van der Waals surface area contributed by atoms with Crippen molar-refractivity contribution in [3.05, 3.63) is 87.9 Å². The Morgan fingerprint density at radius 1 is 1.04 bits per heavy atom. The minimum Gasteiger partial charge on any atom is -0.317 e. The Balaban J connectivity index is 1.39. The van der Waals surface area contributed by atoms with E-state index in [4.69, 9.17) is 4.98 Å². The summed E-state index contributed by atoms with van der Waals surface area (Å²) in [5.41, 5.74) is 1.89. The van der Waals surface area contributed by atoms with E-state index in [0.717, 1.165) is 68.0 Å². The maximum atomic E-state index is 14.3. The molecule has 1 aliphatic heterocycles. The van der Waals surface area contributed by atoms with Gasteiger partial charge in [0.15, 0.2) is 5.82 Å². The van der Waals surface area contributed by atoms with Crippen molar-refractivity contribution < 1.29 is 13.2 Å². The van der Waals surface area contributed by atoms with Crippen LogP contribution >= 0.6 is 0 Å². The Morgan fingerprint density at radius 2 is 1.87 bits per heavy atom. The van der Waals surface area contributed by atoms with Gasteiger partial charge in [-0.15, -0.1) is 10.2 Å². The van der Waals surface area contributed by atoms with E-state index in [0.29, 0.717) is 35.0 Å². The second-order valence-corrected chi connectivity index (χ2v) is 12.5. The normalized spacial score (nSPS) is 17.3. The summed E-state index contributed by atoms with van der Waals surface area (Å²) in [5.74, 6) is 1.48. The monoisotopic (exact) mass is 624 g/mol. The molecular formula is C34H31F3N8O. The molecule has 0 spiro atoms. The predicted molar refractivity (Wildman–Crippen MR) is 166 cm³/mol. The molecule has 0 unspecified atom stereocenters. The van der Waals surface area contributed by atoms with Gasteiger partial charge in [-0.2, -0.15) is 18.4 Å². The lowest BCUT2D eigenvalue weighted by Gasteiger charge is -2.31. The molecule has 12 heteroatoms. The van der Waals surface area contributed by atoms with Gasteiger partial charge < -0.3 is 4.57 Å². The Bertz CT molecular complexity index is 2070. The first kappa shape index (κ1) is 29.8. The lowest BCUT2D eigenvalue weighted by atomic mass is 9.96. The van der Waals surface area contributed by atoms with Crippen molar-refractivity contribution in [3.63, 3.8) is 0 Å². The molecule has 1 atom stereocenters. The number of alkyl halides is 3. The first-order chi connectivity index (χ1) is 22.1. The molecule has 1 saturated heterocycles. The van der Waals surface area contributed by atoms with Gasteiger partial charge >= 0.3 is 6.18 Å². The van der Waals surface area contributed by atoms with Gasteiger partial charge in [0, 0.05) is 37.3 Å². The van der Waals surface area contributed by atoms with Crippen molar-refractivity contribution in [2.75, 3.05) is 13.1 Å². The van der Waals surface area contributed by atoms with Crippen LogP contribution in [0.1, 0.15) is 60.9 Å². The summed E-state index contributed by atoms with van der Waals surface area (Å²) in [5, 5.41) is 17.8. The van der Waals surface area contributed by atoms with Crippen LogP contribution in [0, 0.1) is 17.2 Å². The summed E-state index contributed by atoms with van der Waals surface area (Å²) >= 11 is 0. The van der Waals surface area contributed by atoms with Gasteiger partial charge in [0.05, 0.1) is 28.1 Å². The molecule has 3 aromatic heterocycles. The number of nitriles is 1. The van der Waals surface area contributed by atoms with Crippen LogP contribution < -0.4 is 5.56 Å². The molecule has 0 bridgehead atoms. The topological polar surface area (TPSA) is 106 Å². The molecule has 1 aliphatic carbocycles. The summed E-state index contributed by atoms with van der Waals surface area (Å²) in [7, 11) is 1.81. The summed E-state index contributed by atoms with van der Waals surface area (Å²) < 4.78 is 45.9. The molecule has 46 heavy (non-hydrogen) atoms. The first-order valence-electron chi connectivity index (χ1n) is 15.3. The van der Waals surface area contributed by atoms with Crippen molar-refractivity contribution >= 4 is 10.9 Å². The summed E-state index contributed by atoms with van der Waals surface area (Å²) in [6.07, 6.45) is 1.98. The second-order valence-electron chi connectivity index (χ2n) is 12.5. The molecule has 4 heterocycles. The highest BCUT2D eigenvalue weighted by molar-refractivity contribution is 5.84. The first-order valence-corrected chi connectivity index (χ1v) is 15.3. The largest absolute Gasteiger partial charge is 0.418 e. The highest BCUT2D eigenvalue weighted by Crippen LogP contribution is 2.42. The summed E-state index contributed by atoms with van der Waals surface area (Å²) in [6, 6.07) is 13.8. The standard InChI is InChI=1S/C34H31F3N8O/c1-20-4-3-9-44(16-20)17-22-11-27-31(28(12-22)34(35,36)37)39-18-45(33(27)46)30-14-24(13-29(41-30)23-6-7-23)25-8-5-21(15-38)10-26(25)32-42-40-19-43(32)2/h5,8,10-14,18-20,23H,3-4,6-7,9,16-17H2,1-2H3/t20-/m0/s1. The maximum absolute atomic E-state index is 14.3. The van der Waals surface area contributed by atoms with Crippen LogP contribution in [0.25, 0.3) is 39.2 Å². The van der Waals surface area contributed by atoms with E-state index in [9.17, 15) is 23.2 Å². The SMILES string of the molecule is C[C@H]1CCCN(Cc2cc(C(F)(F)F)c3ncn(-c4cc(-c5ccc(C#N)cc5-c5nncn5C)cc(C5CC5)n4)c(=O)c3c2)C1. The third-order valence-electron chi connectivity index (χ3n) is 8.86. The number of hydrogen-bond donors (Lipinski definition) is 0. The number of rotatable bonds is 6. The van der Waals surface area contributed by atoms with Crippen LogP contribution in [0.4, 0.5) is 13.2 Å². The average Bonchev–Trinajstić information content (AvgIpc) is 3.80. The molecule has 9 nitrogen and oxygen atoms in total. The number of pyridine rings is 1. The fraction of sp³-hybridized carbons (Fsp3) is 0.353. The predicted octanol–water partition coefficient (Wildman–Crippen LogP) is 6.24. The highest BCUT2D eigenvalue weighted by Gasteiger charge is 2.35. The van der Waals surface area contributed by atoms with Gasteiger partial charge in [0.2, 0.25) is 0 Å². The number of halogens is 3. The van der Waals surface area contributed by atoms with Crippen molar-refractivity contribution in [1.82, 2.24) is 34.2 Å². The van der Waals surface area contributed by atoms with Gasteiger partial charge in [-0.25, -0.2) is 9.97 Å². The zero-order valence-electron chi connectivity index (χ0n) is 25.4. The van der Waals surface area contributed by atoms with E-state index in [1.807, 2.05) is 12.1 Å². The van der Waals surface area contributed by atoms with Crippen LogP contribution in [-0.2, 0) is 19.8 Å². The van der Waals surface area contributed by atoms with Gasteiger partial charge in [0.1, 0.15) is 18.5 Å². The van der Waals surface area contributed by atoms with Gasteiger partial charge in [0.25, 0.3) is 5.56 Å². The molecule has 7 rings (SSSR count). The van der Waals surface area contributed by atoms with Crippen LogP contribution in [0.2, 0.25) is 0 Å². The van der Waals surface area contributed by atoms with Crippen molar-refractivity contribution in [2.45, 2.75) is 51.2 Å². The smallest absolute Gasteiger partial charge is 0.317 e. The lowest BCUT2D eigenvalue weighted by molar-refractivity contribution is -0.136. The van der Waals surface area contributed by atoms with E-state index >= 15 is 0 Å². The quantitative estimate of drug-likeness (QED) is 0.220. The Labute approximate surface area is 263 Å². The Hall–Kier alpha value is -4.89. The van der Waals surface area contributed by atoms with Gasteiger partial charge in [-0.3, -0.25) is 14.3 Å². The molecule has 2 fully saturated rings. The van der Waals surface area contributed by atoms with Gasteiger partial charge in [-0.1, -0.05) is 13.0 Å². The van der Waals surface area contributed by atoms with E-state index in [1.165, 1.54) is 4.57 Å². The third kappa shape index (κ3) is 5.67. The number of likely N-dealkylation sites (tertiary alicyclic amines) is 1. The number of nitrogens with zero attached hydrogens (tertiary/aromatic N) is 8. The van der Waals surface area contributed by atoms with Crippen LogP contribution in [0.3, 0.4) is 0 Å². The summed E-state index contributed by atoms with van der Waals surface area (Å²) in [4.78, 5) is 25.2. The van der Waals surface area contributed by atoms with Crippen LogP contribution in [-0.4, -0.2) is 47.3 Å². The number of benzene rings is 2. The molecule has 2 aromatic carbocycles. The second kappa shape index (κ2) is 11.5. The molecule has 234 valence electrons. The lowest BCUT2D eigenvalue weighted by Crippen LogP contribution is -2.33. The molecule has 0 radical (unpaired) electrons. The zero-order chi connectivity index (χ0) is 32.2. The molecular weight excluding hydrogens is 593 g/mol. The van der Waals surface area contributed by atoms with E-state index in [1.54, 1.807) is 42.2 Å². The highest BCUT2D eigenvalue weighted by atomic mass is 19.4. The number of hydrogen-bond acceptors (Lipinski definition) is 7. The van der Waals surface area contributed by atoms with E-state index in [-0.39, 0.29) is 22.6 Å². The number of fused-ring (bicyclic) bond motifs is 1.